The minimum atomic E-state index is 0.160. The van der Waals surface area contributed by atoms with E-state index < -0.39 is 0 Å². The van der Waals surface area contributed by atoms with Crippen LogP contribution < -0.4 is 4.90 Å². The van der Waals surface area contributed by atoms with Gasteiger partial charge in [-0.2, -0.15) is 0 Å². The van der Waals surface area contributed by atoms with Gasteiger partial charge in [-0.05, 0) is 36.1 Å². The summed E-state index contributed by atoms with van der Waals surface area (Å²) >= 11 is 0. The van der Waals surface area contributed by atoms with E-state index in [-0.39, 0.29) is 5.41 Å². The Kier molecular flexibility index (Phi) is 3.49. The number of hydrogen-bond acceptors (Lipinski definition) is 2. The van der Waals surface area contributed by atoms with Gasteiger partial charge in [-0.3, -0.25) is 0 Å². The summed E-state index contributed by atoms with van der Waals surface area (Å²) in [5, 5.41) is 9.42. The number of benzene rings is 2. The molecular formula is C18H21NO. The molecule has 0 saturated heterocycles. The first-order valence-electron chi connectivity index (χ1n) is 7.20. The van der Waals surface area contributed by atoms with E-state index in [2.05, 4.69) is 60.5 Å². The SMILES string of the molecule is CN(CC1(CO)CC1)c1ccc(-c2ccccc2)cc1. The number of aliphatic hydroxyl groups excluding tert-OH is 1. The molecule has 0 atom stereocenters. The Bertz CT molecular complexity index is 558. The van der Waals surface area contributed by atoms with E-state index in [0.717, 1.165) is 19.4 Å². The van der Waals surface area contributed by atoms with Crippen molar-refractivity contribution in [3.63, 3.8) is 0 Å². The molecule has 3 rings (SSSR count). The molecule has 1 aliphatic carbocycles. The molecule has 0 aliphatic heterocycles. The van der Waals surface area contributed by atoms with Crippen LogP contribution in [0.2, 0.25) is 0 Å². The average molecular weight is 267 g/mol. The molecule has 2 aromatic rings. The number of aliphatic hydroxyl groups is 1. The van der Waals surface area contributed by atoms with Crippen LogP contribution in [0.3, 0.4) is 0 Å². The van der Waals surface area contributed by atoms with Crippen LogP contribution in [0.25, 0.3) is 11.1 Å². The summed E-state index contributed by atoms with van der Waals surface area (Å²) in [7, 11) is 2.10. The maximum Gasteiger partial charge on any atom is 0.0504 e. The highest BCUT2D eigenvalue weighted by atomic mass is 16.3. The lowest BCUT2D eigenvalue weighted by atomic mass is 10.0. The van der Waals surface area contributed by atoms with Crippen molar-refractivity contribution in [3.8, 4) is 11.1 Å². The van der Waals surface area contributed by atoms with E-state index in [0.29, 0.717) is 6.61 Å². The molecule has 1 saturated carbocycles. The van der Waals surface area contributed by atoms with Crippen LogP contribution in [0.4, 0.5) is 5.69 Å². The molecule has 104 valence electrons. The van der Waals surface area contributed by atoms with Gasteiger partial charge in [-0.25, -0.2) is 0 Å². The van der Waals surface area contributed by atoms with Crippen LogP contribution >= 0.6 is 0 Å². The Morgan fingerprint density at radius 3 is 2.10 bits per heavy atom. The van der Waals surface area contributed by atoms with Crippen molar-refractivity contribution in [2.75, 3.05) is 25.1 Å². The molecule has 0 unspecified atom stereocenters. The summed E-state index contributed by atoms with van der Waals surface area (Å²) < 4.78 is 0. The van der Waals surface area contributed by atoms with Gasteiger partial charge in [0.2, 0.25) is 0 Å². The first kappa shape index (κ1) is 13.2. The van der Waals surface area contributed by atoms with Gasteiger partial charge < -0.3 is 10.0 Å². The topological polar surface area (TPSA) is 23.5 Å². The van der Waals surface area contributed by atoms with Crippen molar-refractivity contribution in [2.24, 2.45) is 5.41 Å². The van der Waals surface area contributed by atoms with Crippen molar-refractivity contribution >= 4 is 5.69 Å². The monoisotopic (exact) mass is 267 g/mol. The van der Waals surface area contributed by atoms with E-state index in [4.69, 9.17) is 0 Å². The van der Waals surface area contributed by atoms with Gasteiger partial charge in [-0.15, -0.1) is 0 Å². The highest BCUT2D eigenvalue weighted by Crippen LogP contribution is 2.46. The molecule has 2 nitrogen and oxygen atoms in total. The van der Waals surface area contributed by atoms with Crippen LogP contribution in [0, 0.1) is 5.41 Å². The van der Waals surface area contributed by atoms with Crippen LogP contribution in [0.1, 0.15) is 12.8 Å². The summed E-state index contributed by atoms with van der Waals surface area (Å²) in [6.07, 6.45) is 2.30. The predicted molar refractivity (Wildman–Crippen MR) is 83.9 cm³/mol. The molecular weight excluding hydrogens is 246 g/mol. The van der Waals surface area contributed by atoms with E-state index in [1.165, 1.54) is 16.8 Å². The zero-order valence-electron chi connectivity index (χ0n) is 11.9. The van der Waals surface area contributed by atoms with Gasteiger partial charge in [0.25, 0.3) is 0 Å². The van der Waals surface area contributed by atoms with Crippen molar-refractivity contribution in [2.45, 2.75) is 12.8 Å². The maximum atomic E-state index is 9.42. The van der Waals surface area contributed by atoms with E-state index in [1.807, 2.05) is 6.07 Å². The lowest BCUT2D eigenvalue weighted by Gasteiger charge is -2.24. The third-order valence-corrected chi connectivity index (χ3v) is 4.28. The minimum Gasteiger partial charge on any atom is -0.396 e. The fourth-order valence-electron chi connectivity index (χ4n) is 2.68. The highest BCUT2D eigenvalue weighted by Gasteiger charge is 2.42. The van der Waals surface area contributed by atoms with Gasteiger partial charge in [0.15, 0.2) is 0 Å². The van der Waals surface area contributed by atoms with Crippen LogP contribution in [0.15, 0.2) is 54.6 Å². The normalized spacial score (nSPS) is 15.9. The molecule has 0 amide bonds. The van der Waals surface area contributed by atoms with Crippen molar-refractivity contribution in [1.29, 1.82) is 0 Å². The van der Waals surface area contributed by atoms with Crippen molar-refractivity contribution < 1.29 is 5.11 Å². The largest absolute Gasteiger partial charge is 0.396 e. The fourth-order valence-corrected chi connectivity index (χ4v) is 2.68. The standard InChI is InChI=1S/C18H21NO/c1-19(13-18(14-20)11-12-18)17-9-7-16(8-10-17)15-5-3-2-4-6-15/h2-10,20H,11-14H2,1H3. The minimum absolute atomic E-state index is 0.160. The number of nitrogens with zero attached hydrogens (tertiary/aromatic N) is 1. The van der Waals surface area contributed by atoms with Crippen LogP contribution in [-0.2, 0) is 0 Å². The van der Waals surface area contributed by atoms with E-state index >= 15 is 0 Å². The smallest absolute Gasteiger partial charge is 0.0504 e. The summed E-state index contributed by atoms with van der Waals surface area (Å²) in [4.78, 5) is 2.25. The number of hydrogen-bond donors (Lipinski definition) is 1. The summed E-state index contributed by atoms with van der Waals surface area (Å²) in [6, 6.07) is 19.1. The maximum absolute atomic E-state index is 9.42. The molecule has 20 heavy (non-hydrogen) atoms. The second kappa shape index (κ2) is 5.29. The molecule has 2 aromatic carbocycles. The van der Waals surface area contributed by atoms with Gasteiger partial charge in [0.1, 0.15) is 0 Å². The quantitative estimate of drug-likeness (QED) is 0.895. The van der Waals surface area contributed by atoms with Gasteiger partial charge >= 0.3 is 0 Å². The number of rotatable bonds is 5. The van der Waals surface area contributed by atoms with Gasteiger partial charge in [-0.1, -0.05) is 42.5 Å². The van der Waals surface area contributed by atoms with Crippen LogP contribution in [-0.4, -0.2) is 25.3 Å². The van der Waals surface area contributed by atoms with E-state index in [9.17, 15) is 5.11 Å². The lowest BCUT2D eigenvalue weighted by molar-refractivity contribution is 0.215. The summed E-state index contributed by atoms with van der Waals surface area (Å²) in [5.41, 5.74) is 3.86. The second-order valence-electron chi connectivity index (χ2n) is 5.93. The first-order chi connectivity index (χ1) is 9.72. The Hall–Kier alpha value is -1.80. The predicted octanol–water partition coefficient (Wildman–Crippen LogP) is 3.56. The van der Waals surface area contributed by atoms with Crippen molar-refractivity contribution in [1.82, 2.24) is 0 Å². The molecule has 0 bridgehead atoms. The third kappa shape index (κ3) is 2.70. The summed E-state index contributed by atoms with van der Waals surface area (Å²) in [6.45, 7) is 1.24. The molecule has 1 N–H and O–H groups in total. The van der Waals surface area contributed by atoms with Gasteiger partial charge in [0.05, 0.1) is 6.61 Å². The Labute approximate surface area is 120 Å². The van der Waals surface area contributed by atoms with Crippen molar-refractivity contribution in [3.05, 3.63) is 54.6 Å². The number of anilines is 1. The highest BCUT2D eigenvalue weighted by molar-refractivity contribution is 5.66. The molecule has 0 heterocycles. The molecule has 1 aliphatic rings. The Balaban J connectivity index is 1.73. The lowest BCUT2D eigenvalue weighted by Crippen LogP contribution is -2.28. The first-order valence-corrected chi connectivity index (χ1v) is 7.20. The molecule has 0 radical (unpaired) electrons. The second-order valence-corrected chi connectivity index (χ2v) is 5.93. The molecule has 0 spiro atoms. The third-order valence-electron chi connectivity index (χ3n) is 4.28. The zero-order valence-corrected chi connectivity index (χ0v) is 11.9. The Morgan fingerprint density at radius 2 is 1.55 bits per heavy atom. The zero-order chi connectivity index (χ0) is 14.0. The van der Waals surface area contributed by atoms with Crippen LogP contribution in [0.5, 0.6) is 0 Å². The molecule has 1 fully saturated rings. The fraction of sp³-hybridized carbons (Fsp3) is 0.333. The summed E-state index contributed by atoms with van der Waals surface area (Å²) in [5.74, 6) is 0. The average Bonchev–Trinajstić information content (AvgIpc) is 3.28. The Morgan fingerprint density at radius 1 is 0.950 bits per heavy atom. The molecule has 0 aromatic heterocycles. The van der Waals surface area contributed by atoms with Gasteiger partial charge in [0, 0.05) is 24.7 Å². The molecule has 2 heteroatoms. The van der Waals surface area contributed by atoms with E-state index in [1.54, 1.807) is 0 Å².